The molecular formula is C25H25N5O3. The number of H-pyrrole nitrogens is 1. The van der Waals surface area contributed by atoms with E-state index in [1.54, 1.807) is 6.20 Å². The molecule has 168 valence electrons. The third-order valence-electron chi connectivity index (χ3n) is 5.93. The molecule has 8 heteroatoms. The van der Waals surface area contributed by atoms with Crippen LogP contribution in [0.5, 0.6) is 0 Å². The Morgan fingerprint density at radius 1 is 1.18 bits per heavy atom. The van der Waals surface area contributed by atoms with E-state index in [1.807, 2.05) is 54.1 Å². The fourth-order valence-corrected chi connectivity index (χ4v) is 4.42. The second-order valence-electron chi connectivity index (χ2n) is 8.12. The number of nitrogens with one attached hydrogen (secondary N) is 1. The molecule has 4 heterocycles. The molecule has 0 saturated heterocycles. The second kappa shape index (κ2) is 8.99. The van der Waals surface area contributed by atoms with Crippen LogP contribution in [0.25, 0.3) is 22.4 Å². The highest BCUT2D eigenvalue weighted by molar-refractivity contribution is 5.85. The quantitative estimate of drug-likeness (QED) is 0.461. The van der Waals surface area contributed by atoms with Crippen LogP contribution in [0.15, 0.2) is 59.7 Å². The van der Waals surface area contributed by atoms with E-state index in [0.717, 1.165) is 34.3 Å². The number of ether oxygens (including phenoxy) is 1. The van der Waals surface area contributed by atoms with Crippen molar-refractivity contribution in [1.29, 1.82) is 0 Å². The first-order valence-corrected chi connectivity index (χ1v) is 11.1. The summed E-state index contributed by atoms with van der Waals surface area (Å²) in [5.41, 5.74) is 4.23. The zero-order valence-electron chi connectivity index (χ0n) is 18.5. The fraction of sp³-hybridized carbons (Fsp3) is 0.280. The minimum Gasteiger partial charge on any atom is -0.465 e. The predicted molar refractivity (Wildman–Crippen MR) is 124 cm³/mol. The first-order valence-electron chi connectivity index (χ1n) is 11.1. The smallest absolute Gasteiger partial charge is 0.325 e. The number of nitrogens with zero attached hydrogens (tertiary/aromatic N) is 4. The van der Waals surface area contributed by atoms with Crippen LogP contribution in [0.1, 0.15) is 23.7 Å². The summed E-state index contributed by atoms with van der Waals surface area (Å²) in [5, 5.41) is 1.11. The van der Waals surface area contributed by atoms with Crippen molar-refractivity contribution in [2.75, 3.05) is 13.2 Å². The Bertz CT molecular complexity index is 1360. The molecule has 0 radical (unpaired) electrons. The van der Waals surface area contributed by atoms with Gasteiger partial charge in [0.05, 0.1) is 12.3 Å². The third kappa shape index (κ3) is 4.29. The monoisotopic (exact) mass is 443 g/mol. The summed E-state index contributed by atoms with van der Waals surface area (Å²) in [4.78, 5) is 39.0. The number of esters is 1. The molecule has 1 aliphatic rings. The van der Waals surface area contributed by atoms with Crippen molar-refractivity contribution in [2.45, 2.75) is 33.0 Å². The number of fused-ring (bicyclic) bond motifs is 2. The fourth-order valence-electron chi connectivity index (χ4n) is 4.42. The molecule has 3 aromatic heterocycles. The number of rotatable bonds is 6. The van der Waals surface area contributed by atoms with E-state index in [-0.39, 0.29) is 18.1 Å². The van der Waals surface area contributed by atoms with Gasteiger partial charge in [-0.1, -0.05) is 24.3 Å². The van der Waals surface area contributed by atoms with Crippen LogP contribution in [0.4, 0.5) is 0 Å². The minimum atomic E-state index is -0.248. The van der Waals surface area contributed by atoms with Crippen LogP contribution in [-0.2, 0) is 35.6 Å². The number of hydrogen-bond donors (Lipinski definition) is 1. The number of benzene rings is 1. The van der Waals surface area contributed by atoms with Crippen molar-refractivity contribution in [2.24, 2.45) is 0 Å². The van der Waals surface area contributed by atoms with E-state index >= 15 is 0 Å². The molecule has 0 fully saturated rings. The molecule has 0 unspecified atom stereocenters. The summed E-state index contributed by atoms with van der Waals surface area (Å²) in [6.45, 7) is 4.40. The number of carbonyl (C=O) groups is 1. The molecule has 1 aliphatic heterocycles. The number of pyridine rings is 1. The Morgan fingerprint density at radius 3 is 2.85 bits per heavy atom. The van der Waals surface area contributed by atoms with Crippen LogP contribution in [-0.4, -0.2) is 43.5 Å². The van der Waals surface area contributed by atoms with Crippen LogP contribution in [0, 0.1) is 0 Å². The summed E-state index contributed by atoms with van der Waals surface area (Å²) in [6, 6.07) is 13.6. The van der Waals surface area contributed by atoms with Gasteiger partial charge in [-0.25, -0.2) is 4.98 Å². The molecule has 4 aromatic rings. The van der Waals surface area contributed by atoms with E-state index in [1.165, 1.54) is 0 Å². The van der Waals surface area contributed by atoms with Crippen molar-refractivity contribution < 1.29 is 9.53 Å². The molecule has 0 aliphatic carbocycles. The lowest BCUT2D eigenvalue weighted by atomic mass is 10.1. The van der Waals surface area contributed by atoms with E-state index in [2.05, 4.69) is 20.9 Å². The van der Waals surface area contributed by atoms with Gasteiger partial charge in [-0.2, -0.15) is 0 Å². The van der Waals surface area contributed by atoms with Crippen LogP contribution in [0.3, 0.4) is 0 Å². The number of para-hydroxylation sites is 1. The summed E-state index contributed by atoms with van der Waals surface area (Å²) in [6.07, 6.45) is 4.36. The highest BCUT2D eigenvalue weighted by Gasteiger charge is 2.23. The summed E-state index contributed by atoms with van der Waals surface area (Å²) in [5.74, 6) is 0.245. The van der Waals surface area contributed by atoms with Crippen molar-refractivity contribution in [3.05, 3.63) is 82.0 Å². The highest BCUT2D eigenvalue weighted by Crippen LogP contribution is 2.25. The van der Waals surface area contributed by atoms with Crippen LogP contribution >= 0.6 is 0 Å². The van der Waals surface area contributed by atoms with E-state index in [0.29, 0.717) is 37.6 Å². The maximum atomic E-state index is 12.7. The molecule has 0 amide bonds. The van der Waals surface area contributed by atoms with E-state index in [4.69, 9.17) is 9.72 Å². The maximum Gasteiger partial charge on any atom is 0.325 e. The number of aromatic amines is 1. The molecule has 8 nitrogen and oxygen atoms in total. The van der Waals surface area contributed by atoms with Gasteiger partial charge >= 0.3 is 5.97 Å². The average molecular weight is 444 g/mol. The molecular weight excluding hydrogens is 418 g/mol. The van der Waals surface area contributed by atoms with Gasteiger partial charge in [0.25, 0.3) is 5.56 Å². The Hall–Kier alpha value is -3.78. The van der Waals surface area contributed by atoms with Gasteiger partial charge in [0, 0.05) is 48.5 Å². The Labute approximate surface area is 190 Å². The minimum absolute atomic E-state index is 0.0913. The number of carbonyl (C=O) groups excluding carboxylic acids is 1. The normalized spacial score (nSPS) is 13.7. The Kier molecular flexibility index (Phi) is 5.75. The van der Waals surface area contributed by atoms with Crippen molar-refractivity contribution in [1.82, 2.24) is 24.4 Å². The second-order valence-corrected chi connectivity index (χ2v) is 8.12. The molecule has 1 N–H and O–H groups in total. The molecule has 5 rings (SSSR count). The lowest BCUT2D eigenvalue weighted by Gasteiger charge is -2.27. The van der Waals surface area contributed by atoms with Gasteiger partial charge in [0.15, 0.2) is 5.82 Å². The van der Waals surface area contributed by atoms with Gasteiger partial charge in [-0.05, 0) is 37.1 Å². The molecule has 33 heavy (non-hydrogen) atoms. The topological polar surface area (TPSA) is 93.1 Å². The van der Waals surface area contributed by atoms with Crippen molar-refractivity contribution >= 4 is 16.9 Å². The molecule has 0 spiro atoms. The third-order valence-corrected chi connectivity index (χ3v) is 5.93. The Morgan fingerprint density at radius 2 is 2.03 bits per heavy atom. The first-order chi connectivity index (χ1) is 16.1. The number of aromatic nitrogens is 4. The molecule has 0 atom stereocenters. The first kappa shape index (κ1) is 21.1. The molecule has 0 bridgehead atoms. The zero-order valence-corrected chi connectivity index (χ0v) is 18.5. The maximum absolute atomic E-state index is 12.7. The van der Waals surface area contributed by atoms with Gasteiger partial charge in [-0.15, -0.1) is 0 Å². The summed E-state index contributed by atoms with van der Waals surface area (Å²) in [7, 11) is 0. The molecule has 0 saturated carbocycles. The van der Waals surface area contributed by atoms with Gasteiger partial charge < -0.3 is 14.3 Å². The van der Waals surface area contributed by atoms with Crippen LogP contribution < -0.4 is 5.56 Å². The molecule has 1 aromatic carbocycles. The zero-order chi connectivity index (χ0) is 22.8. The predicted octanol–water partition coefficient (Wildman–Crippen LogP) is 2.91. The average Bonchev–Trinajstić information content (AvgIpc) is 3.16. The summed E-state index contributed by atoms with van der Waals surface area (Å²) < 4.78 is 7.08. The van der Waals surface area contributed by atoms with Gasteiger partial charge in [-0.3, -0.25) is 19.5 Å². The van der Waals surface area contributed by atoms with Gasteiger partial charge in [0.1, 0.15) is 12.2 Å². The van der Waals surface area contributed by atoms with Crippen LogP contribution in [0.2, 0.25) is 0 Å². The Balaban J connectivity index is 1.41. The van der Waals surface area contributed by atoms with Gasteiger partial charge in [0.2, 0.25) is 0 Å². The lowest BCUT2D eigenvalue weighted by molar-refractivity contribution is -0.143. The standard InChI is InChI=1S/C25H25N5O3/c1-2-33-23(31)16-30-14-17(18-7-3-4-9-22(18)30)13-29-12-10-19-21(15-29)27-24(28-25(19)32)20-8-5-6-11-26-20/h3-9,11,14H,2,10,12-13,15-16H2,1H3,(H,27,28,32). The van der Waals surface area contributed by atoms with Crippen molar-refractivity contribution in [3.63, 3.8) is 0 Å². The van der Waals surface area contributed by atoms with Crippen molar-refractivity contribution in [3.8, 4) is 11.5 Å². The largest absolute Gasteiger partial charge is 0.465 e. The number of hydrogen-bond acceptors (Lipinski definition) is 6. The van der Waals surface area contributed by atoms with E-state index < -0.39 is 0 Å². The SMILES string of the molecule is CCOC(=O)Cn1cc(CN2CCc3c(nc(-c4ccccn4)[nH]c3=O)C2)c2ccccc21. The summed E-state index contributed by atoms with van der Waals surface area (Å²) >= 11 is 0. The highest BCUT2D eigenvalue weighted by atomic mass is 16.5. The lowest BCUT2D eigenvalue weighted by Crippen LogP contribution is -2.35. The van der Waals surface area contributed by atoms with E-state index in [9.17, 15) is 9.59 Å².